The second-order valence-corrected chi connectivity index (χ2v) is 5.49. The van der Waals surface area contributed by atoms with Gasteiger partial charge in [0, 0.05) is 10.9 Å². The molecule has 0 aliphatic rings. The maximum atomic E-state index is 11.8. The van der Waals surface area contributed by atoms with Crippen LogP contribution in [0.3, 0.4) is 0 Å². The molecule has 0 fully saturated rings. The number of hydrogen-bond donors (Lipinski definition) is 2. The number of benzene rings is 2. The summed E-state index contributed by atoms with van der Waals surface area (Å²) in [6, 6.07) is 11.3. The van der Waals surface area contributed by atoms with Crippen molar-refractivity contribution in [3.8, 4) is 23.0 Å². The fourth-order valence-corrected chi connectivity index (χ4v) is 2.49. The van der Waals surface area contributed by atoms with Crippen LogP contribution < -0.4 is 10.3 Å². The first-order chi connectivity index (χ1) is 10.1. The van der Waals surface area contributed by atoms with Gasteiger partial charge in [-0.05, 0) is 40.1 Å². The third kappa shape index (κ3) is 2.35. The Hall–Kier alpha value is -2.09. The standard InChI is InChI=1S/C15H11IN2O3/c1-21-11-7-6-10(8-4-2-3-5-9(8)11)13-17-14(19)12(16)15(20)18-13/h2-7H,1H3,(H2,17,18,19,20). The maximum absolute atomic E-state index is 11.8. The highest BCUT2D eigenvalue weighted by Gasteiger charge is 2.13. The molecule has 0 aliphatic heterocycles. The Labute approximate surface area is 133 Å². The van der Waals surface area contributed by atoms with E-state index in [1.165, 1.54) is 0 Å². The molecule has 1 aromatic heterocycles. The quantitative estimate of drug-likeness (QED) is 0.656. The van der Waals surface area contributed by atoms with Gasteiger partial charge in [0.25, 0.3) is 5.56 Å². The van der Waals surface area contributed by atoms with E-state index in [2.05, 4.69) is 9.97 Å². The van der Waals surface area contributed by atoms with Crippen molar-refractivity contribution < 1.29 is 9.84 Å². The van der Waals surface area contributed by atoms with Crippen molar-refractivity contribution >= 4 is 33.4 Å². The van der Waals surface area contributed by atoms with E-state index in [1.807, 2.05) is 36.4 Å². The minimum Gasteiger partial charge on any atom is -0.496 e. The molecule has 2 N–H and O–H groups in total. The SMILES string of the molecule is COc1ccc(-c2nc(O)c(I)c(=O)[nH]2)c2ccccc12. The molecule has 0 amide bonds. The van der Waals surface area contributed by atoms with E-state index in [4.69, 9.17) is 4.74 Å². The van der Waals surface area contributed by atoms with E-state index in [1.54, 1.807) is 29.7 Å². The number of halogens is 1. The summed E-state index contributed by atoms with van der Waals surface area (Å²) in [4.78, 5) is 18.6. The number of aromatic nitrogens is 2. The summed E-state index contributed by atoms with van der Waals surface area (Å²) in [7, 11) is 1.61. The monoisotopic (exact) mass is 394 g/mol. The highest BCUT2D eigenvalue weighted by molar-refractivity contribution is 14.1. The Bertz CT molecular complexity index is 890. The molecular weight excluding hydrogens is 383 g/mol. The Morgan fingerprint density at radius 2 is 1.90 bits per heavy atom. The number of aromatic amines is 1. The van der Waals surface area contributed by atoms with Crippen LogP contribution in [-0.4, -0.2) is 22.2 Å². The number of nitrogens with one attached hydrogen (secondary N) is 1. The Morgan fingerprint density at radius 1 is 1.19 bits per heavy atom. The van der Waals surface area contributed by atoms with Gasteiger partial charge in [-0.2, -0.15) is 4.98 Å². The molecule has 0 unspecified atom stereocenters. The number of hydrogen-bond acceptors (Lipinski definition) is 4. The molecule has 6 heteroatoms. The second-order valence-electron chi connectivity index (χ2n) is 4.41. The lowest BCUT2D eigenvalue weighted by atomic mass is 10.0. The largest absolute Gasteiger partial charge is 0.496 e. The minimum absolute atomic E-state index is 0.175. The highest BCUT2D eigenvalue weighted by atomic mass is 127. The summed E-state index contributed by atoms with van der Waals surface area (Å²) in [5.74, 6) is 0.803. The number of rotatable bonds is 2. The molecule has 0 atom stereocenters. The average Bonchev–Trinajstić information content (AvgIpc) is 2.51. The first-order valence-corrected chi connectivity index (χ1v) is 7.24. The van der Waals surface area contributed by atoms with Crippen molar-refractivity contribution in [1.82, 2.24) is 9.97 Å². The van der Waals surface area contributed by atoms with Crippen LogP contribution >= 0.6 is 22.6 Å². The molecule has 3 aromatic rings. The normalized spacial score (nSPS) is 10.8. The van der Waals surface area contributed by atoms with Crippen molar-refractivity contribution in [2.75, 3.05) is 7.11 Å². The van der Waals surface area contributed by atoms with Gasteiger partial charge in [-0.3, -0.25) is 4.79 Å². The number of nitrogens with zero attached hydrogens (tertiary/aromatic N) is 1. The molecule has 0 saturated heterocycles. The zero-order chi connectivity index (χ0) is 15.0. The summed E-state index contributed by atoms with van der Waals surface area (Å²) in [5.41, 5.74) is 0.369. The van der Waals surface area contributed by atoms with Crippen molar-refractivity contribution in [2.45, 2.75) is 0 Å². The van der Waals surface area contributed by atoms with Crippen molar-refractivity contribution in [3.05, 3.63) is 50.3 Å². The highest BCUT2D eigenvalue weighted by Crippen LogP contribution is 2.33. The second kappa shape index (κ2) is 5.36. The van der Waals surface area contributed by atoms with E-state index in [9.17, 15) is 9.90 Å². The van der Waals surface area contributed by atoms with Gasteiger partial charge in [0.1, 0.15) is 15.1 Å². The molecule has 3 rings (SSSR count). The van der Waals surface area contributed by atoms with E-state index in [0.717, 1.165) is 22.1 Å². The van der Waals surface area contributed by atoms with Gasteiger partial charge in [-0.15, -0.1) is 0 Å². The Morgan fingerprint density at radius 3 is 2.57 bits per heavy atom. The van der Waals surface area contributed by atoms with Crippen LogP contribution in [-0.2, 0) is 0 Å². The zero-order valence-corrected chi connectivity index (χ0v) is 13.2. The van der Waals surface area contributed by atoms with Gasteiger partial charge in [0.15, 0.2) is 0 Å². The fourth-order valence-electron chi connectivity index (χ4n) is 2.23. The molecule has 0 bridgehead atoms. The summed E-state index contributed by atoms with van der Waals surface area (Å²) in [6.07, 6.45) is 0. The van der Waals surface area contributed by atoms with Crippen molar-refractivity contribution in [3.63, 3.8) is 0 Å². The van der Waals surface area contributed by atoms with Crippen molar-refractivity contribution in [2.24, 2.45) is 0 Å². The first kappa shape index (κ1) is 13.9. The number of H-pyrrole nitrogens is 1. The predicted octanol–water partition coefficient (Wildman–Crippen LogP) is 2.91. The molecule has 2 aromatic carbocycles. The first-order valence-electron chi connectivity index (χ1n) is 6.16. The van der Waals surface area contributed by atoms with E-state index in [-0.39, 0.29) is 15.0 Å². The molecule has 0 aliphatic carbocycles. The molecule has 1 heterocycles. The third-order valence-electron chi connectivity index (χ3n) is 3.20. The number of methoxy groups -OCH3 is 1. The fraction of sp³-hybridized carbons (Fsp3) is 0.0667. The van der Waals surface area contributed by atoms with Crippen LogP contribution in [0.5, 0.6) is 11.6 Å². The van der Waals surface area contributed by atoms with Crippen LogP contribution in [0, 0.1) is 3.57 Å². The lowest BCUT2D eigenvalue weighted by Gasteiger charge is -2.10. The smallest absolute Gasteiger partial charge is 0.268 e. The van der Waals surface area contributed by atoms with Crippen LogP contribution in [0.15, 0.2) is 41.2 Å². The molecule has 0 saturated carbocycles. The number of fused-ring (bicyclic) bond motifs is 1. The third-order valence-corrected chi connectivity index (χ3v) is 4.18. The topological polar surface area (TPSA) is 75.2 Å². The van der Waals surface area contributed by atoms with Gasteiger partial charge in [-0.25, -0.2) is 0 Å². The Balaban J connectivity index is 2.34. The number of ether oxygens (including phenoxy) is 1. The Kier molecular flexibility index (Phi) is 3.54. The van der Waals surface area contributed by atoms with E-state index < -0.39 is 0 Å². The minimum atomic E-state index is -0.363. The van der Waals surface area contributed by atoms with Gasteiger partial charge in [-0.1, -0.05) is 24.3 Å². The summed E-state index contributed by atoms with van der Waals surface area (Å²) in [6.45, 7) is 0. The van der Waals surface area contributed by atoms with Crippen LogP contribution in [0.2, 0.25) is 0 Å². The predicted molar refractivity (Wildman–Crippen MR) is 88.7 cm³/mol. The lowest BCUT2D eigenvalue weighted by molar-refractivity contribution is 0.420. The maximum Gasteiger partial charge on any atom is 0.268 e. The van der Waals surface area contributed by atoms with Crippen LogP contribution in [0.4, 0.5) is 0 Å². The molecule has 0 spiro atoms. The molecular formula is C15H11IN2O3. The van der Waals surface area contributed by atoms with Crippen LogP contribution in [0.1, 0.15) is 0 Å². The van der Waals surface area contributed by atoms with Gasteiger partial charge in [0.05, 0.1) is 7.11 Å². The van der Waals surface area contributed by atoms with Gasteiger partial charge < -0.3 is 14.8 Å². The molecule has 5 nitrogen and oxygen atoms in total. The van der Waals surface area contributed by atoms with E-state index >= 15 is 0 Å². The zero-order valence-electron chi connectivity index (χ0n) is 11.1. The molecule has 21 heavy (non-hydrogen) atoms. The van der Waals surface area contributed by atoms with Crippen LogP contribution in [0.25, 0.3) is 22.2 Å². The van der Waals surface area contributed by atoms with Gasteiger partial charge >= 0.3 is 0 Å². The number of aromatic hydroxyl groups is 1. The molecule has 0 radical (unpaired) electrons. The van der Waals surface area contributed by atoms with Crippen molar-refractivity contribution in [1.29, 1.82) is 0 Å². The molecule has 106 valence electrons. The average molecular weight is 394 g/mol. The summed E-state index contributed by atoms with van der Waals surface area (Å²) in [5, 5.41) is 11.6. The van der Waals surface area contributed by atoms with E-state index in [0.29, 0.717) is 5.82 Å². The lowest BCUT2D eigenvalue weighted by Crippen LogP contribution is -2.12. The summed E-state index contributed by atoms with van der Waals surface area (Å²) >= 11 is 1.76. The van der Waals surface area contributed by atoms with Gasteiger partial charge in [0.2, 0.25) is 5.88 Å². The summed E-state index contributed by atoms with van der Waals surface area (Å²) < 4.78 is 5.52.